The number of amides is 1. The van der Waals surface area contributed by atoms with Crippen LogP contribution in [0.1, 0.15) is 5.56 Å². The Labute approximate surface area is 117 Å². The lowest BCUT2D eigenvalue weighted by Crippen LogP contribution is -2.22. The van der Waals surface area contributed by atoms with Gasteiger partial charge in [0, 0.05) is 11.8 Å². The third-order valence-corrected chi connectivity index (χ3v) is 2.97. The van der Waals surface area contributed by atoms with Crippen molar-refractivity contribution in [3.63, 3.8) is 0 Å². The molecule has 6 nitrogen and oxygen atoms in total. The second-order valence-electron chi connectivity index (χ2n) is 3.99. The van der Waals surface area contributed by atoms with E-state index in [1.807, 2.05) is 0 Å². The van der Waals surface area contributed by atoms with Crippen LogP contribution in [0.4, 0.5) is 5.69 Å². The number of aliphatic hydroxyl groups excluding tert-OH is 1. The van der Waals surface area contributed by atoms with Crippen LogP contribution in [0.25, 0.3) is 0 Å². The summed E-state index contributed by atoms with van der Waals surface area (Å²) in [5.74, 6) is 4.29. The van der Waals surface area contributed by atoms with Crippen LogP contribution in [-0.4, -0.2) is 45.2 Å². The Morgan fingerprint density at radius 2 is 2.15 bits per heavy atom. The standard InChI is InChI=1S/C13H15NO5S/c1-19-12-6-5-10(4-3-7-15)8-11(12)14-13(16)9-20(2,17)18/h5-6,8,15H,7,9H2,1-2H3,(H,14,16). The van der Waals surface area contributed by atoms with Gasteiger partial charge in [0.05, 0.1) is 12.8 Å². The number of anilines is 1. The smallest absolute Gasteiger partial charge is 0.239 e. The molecule has 0 radical (unpaired) electrons. The highest BCUT2D eigenvalue weighted by atomic mass is 32.2. The quantitative estimate of drug-likeness (QED) is 0.764. The number of sulfone groups is 1. The molecule has 0 aromatic heterocycles. The zero-order valence-corrected chi connectivity index (χ0v) is 12.0. The summed E-state index contributed by atoms with van der Waals surface area (Å²) in [6.07, 6.45) is 0.979. The number of rotatable bonds is 4. The fourth-order valence-electron chi connectivity index (χ4n) is 1.45. The number of methoxy groups -OCH3 is 1. The number of carbonyl (C=O) groups is 1. The van der Waals surface area contributed by atoms with Crippen LogP contribution in [0.2, 0.25) is 0 Å². The van der Waals surface area contributed by atoms with E-state index >= 15 is 0 Å². The predicted molar refractivity (Wildman–Crippen MR) is 75.3 cm³/mol. The predicted octanol–water partition coefficient (Wildman–Crippen LogP) is 0.0221. The topological polar surface area (TPSA) is 92.7 Å². The molecule has 0 atom stereocenters. The zero-order valence-electron chi connectivity index (χ0n) is 11.1. The molecule has 0 fully saturated rings. The van der Waals surface area contributed by atoms with Crippen LogP contribution in [0.3, 0.4) is 0 Å². The minimum absolute atomic E-state index is 0.276. The van der Waals surface area contributed by atoms with Crippen LogP contribution in [0.5, 0.6) is 5.75 Å². The Bertz CT molecular complexity index is 655. The van der Waals surface area contributed by atoms with Gasteiger partial charge in [-0.1, -0.05) is 11.8 Å². The second-order valence-corrected chi connectivity index (χ2v) is 6.13. The molecule has 1 aromatic rings. The van der Waals surface area contributed by atoms with Gasteiger partial charge in [-0.15, -0.1) is 0 Å². The van der Waals surface area contributed by atoms with Crippen LogP contribution in [0, 0.1) is 11.8 Å². The van der Waals surface area contributed by atoms with Crippen LogP contribution in [-0.2, 0) is 14.6 Å². The summed E-state index contributed by atoms with van der Waals surface area (Å²) in [5, 5.41) is 11.1. The molecule has 20 heavy (non-hydrogen) atoms. The van der Waals surface area contributed by atoms with Gasteiger partial charge in [0.25, 0.3) is 0 Å². The van der Waals surface area contributed by atoms with Crippen molar-refractivity contribution in [2.45, 2.75) is 0 Å². The SMILES string of the molecule is COc1ccc(C#CCO)cc1NC(=O)CS(C)(=O)=O. The molecule has 0 bridgehead atoms. The van der Waals surface area contributed by atoms with Crippen LogP contribution < -0.4 is 10.1 Å². The average molecular weight is 297 g/mol. The molecule has 0 aliphatic rings. The molecule has 0 unspecified atom stereocenters. The van der Waals surface area contributed by atoms with E-state index < -0.39 is 21.5 Å². The number of hydrogen-bond acceptors (Lipinski definition) is 5. The molecule has 0 saturated heterocycles. The van der Waals surface area contributed by atoms with E-state index in [4.69, 9.17) is 9.84 Å². The van der Waals surface area contributed by atoms with Gasteiger partial charge >= 0.3 is 0 Å². The number of carbonyl (C=O) groups excluding carboxylic acids is 1. The van der Waals surface area contributed by atoms with Gasteiger partial charge in [-0.05, 0) is 18.2 Å². The Hall–Kier alpha value is -2.04. The van der Waals surface area contributed by atoms with E-state index in [9.17, 15) is 13.2 Å². The summed E-state index contributed by atoms with van der Waals surface area (Å²) in [7, 11) is -1.97. The van der Waals surface area contributed by atoms with Gasteiger partial charge in [-0.2, -0.15) is 0 Å². The molecule has 2 N–H and O–H groups in total. The van der Waals surface area contributed by atoms with Crippen molar-refractivity contribution in [2.24, 2.45) is 0 Å². The average Bonchev–Trinajstić information content (AvgIpc) is 2.34. The highest BCUT2D eigenvalue weighted by Crippen LogP contribution is 2.25. The molecule has 0 saturated carbocycles. The molecule has 1 amide bonds. The summed E-state index contributed by atoms with van der Waals surface area (Å²) in [6.45, 7) is -0.276. The third-order valence-electron chi connectivity index (χ3n) is 2.18. The highest BCUT2D eigenvalue weighted by molar-refractivity contribution is 7.91. The van der Waals surface area contributed by atoms with Gasteiger partial charge in [0.15, 0.2) is 9.84 Å². The normalized spacial score (nSPS) is 10.3. The maximum atomic E-state index is 11.6. The maximum absolute atomic E-state index is 11.6. The van der Waals surface area contributed by atoms with E-state index in [1.54, 1.807) is 18.2 Å². The molecule has 108 valence electrons. The largest absolute Gasteiger partial charge is 0.495 e. The molecule has 0 spiro atoms. The van der Waals surface area contributed by atoms with E-state index in [0.717, 1.165) is 6.26 Å². The fraction of sp³-hybridized carbons (Fsp3) is 0.308. The Kier molecular flexibility index (Phi) is 5.55. The summed E-state index contributed by atoms with van der Waals surface area (Å²) < 4.78 is 27.2. The fourth-order valence-corrected chi connectivity index (χ4v) is 2.00. The minimum atomic E-state index is -3.40. The van der Waals surface area contributed by atoms with Crippen molar-refractivity contribution in [3.05, 3.63) is 23.8 Å². The number of ether oxygens (including phenoxy) is 1. The molecular weight excluding hydrogens is 282 g/mol. The van der Waals surface area contributed by atoms with Crippen molar-refractivity contribution in [3.8, 4) is 17.6 Å². The van der Waals surface area contributed by atoms with E-state index in [0.29, 0.717) is 17.0 Å². The maximum Gasteiger partial charge on any atom is 0.239 e. The lowest BCUT2D eigenvalue weighted by Gasteiger charge is -2.10. The monoisotopic (exact) mass is 297 g/mol. The molecule has 0 heterocycles. The van der Waals surface area contributed by atoms with E-state index in [2.05, 4.69) is 17.2 Å². The molecule has 7 heteroatoms. The Morgan fingerprint density at radius 1 is 1.45 bits per heavy atom. The first-order valence-corrected chi connectivity index (χ1v) is 7.67. The van der Waals surface area contributed by atoms with Crippen molar-refractivity contribution >= 4 is 21.4 Å². The first kappa shape index (κ1) is 16.0. The van der Waals surface area contributed by atoms with Gasteiger partial charge in [0.2, 0.25) is 5.91 Å². The molecular formula is C13H15NO5S. The van der Waals surface area contributed by atoms with Crippen molar-refractivity contribution in [1.29, 1.82) is 0 Å². The number of hydrogen-bond donors (Lipinski definition) is 2. The Balaban J connectivity index is 2.99. The van der Waals surface area contributed by atoms with Crippen molar-refractivity contribution < 1.29 is 23.1 Å². The first-order valence-electron chi connectivity index (χ1n) is 5.61. The van der Waals surface area contributed by atoms with Gasteiger partial charge in [-0.3, -0.25) is 4.79 Å². The third kappa shape index (κ3) is 5.30. The summed E-state index contributed by atoms with van der Waals surface area (Å²) in [4.78, 5) is 11.6. The van der Waals surface area contributed by atoms with Crippen LogP contribution >= 0.6 is 0 Å². The lowest BCUT2D eigenvalue weighted by molar-refractivity contribution is -0.113. The number of benzene rings is 1. The van der Waals surface area contributed by atoms with E-state index in [1.165, 1.54) is 7.11 Å². The first-order chi connectivity index (χ1) is 9.35. The lowest BCUT2D eigenvalue weighted by atomic mass is 10.2. The van der Waals surface area contributed by atoms with Gasteiger partial charge < -0.3 is 15.2 Å². The number of aliphatic hydroxyl groups is 1. The summed E-state index contributed by atoms with van der Waals surface area (Å²) in [5.41, 5.74) is 0.889. The molecule has 1 aromatic carbocycles. The highest BCUT2D eigenvalue weighted by Gasteiger charge is 2.13. The van der Waals surface area contributed by atoms with Crippen molar-refractivity contribution in [2.75, 3.05) is 31.0 Å². The number of nitrogens with one attached hydrogen (secondary N) is 1. The van der Waals surface area contributed by atoms with Gasteiger partial charge in [-0.25, -0.2) is 8.42 Å². The molecule has 1 rings (SSSR count). The molecule has 0 aliphatic heterocycles. The van der Waals surface area contributed by atoms with Gasteiger partial charge in [0.1, 0.15) is 18.1 Å². The summed E-state index contributed by atoms with van der Waals surface area (Å²) in [6, 6.07) is 4.80. The summed E-state index contributed by atoms with van der Waals surface area (Å²) >= 11 is 0. The second kappa shape index (κ2) is 6.93. The minimum Gasteiger partial charge on any atom is -0.495 e. The van der Waals surface area contributed by atoms with Crippen LogP contribution in [0.15, 0.2) is 18.2 Å². The van der Waals surface area contributed by atoms with E-state index in [-0.39, 0.29) is 6.61 Å². The van der Waals surface area contributed by atoms with Crippen molar-refractivity contribution in [1.82, 2.24) is 0 Å². The molecule has 0 aliphatic carbocycles. The Morgan fingerprint density at radius 3 is 2.70 bits per heavy atom. The zero-order chi connectivity index (χ0) is 15.2.